The Bertz CT molecular complexity index is 1060. The summed E-state index contributed by atoms with van der Waals surface area (Å²) in [5.74, 6) is -0.435. The average molecular weight is 381 g/mol. The highest BCUT2D eigenvalue weighted by atomic mass is 16.6. The molecule has 0 unspecified atom stereocenters. The van der Waals surface area contributed by atoms with E-state index in [4.69, 9.17) is 5.73 Å². The zero-order valence-corrected chi connectivity index (χ0v) is 14.9. The number of nitrogen functional groups attached to an aromatic ring is 1. The van der Waals surface area contributed by atoms with Gasteiger partial charge in [0.1, 0.15) is 5.69 Å². The summed E-state index contributed by atoms with van der Waals surface area (Å²) in [4.78, 5) is 25.7. The Morgan fingerprint density at radius 3 is 2.79 bits per heavy atom. The quantitative estimate of drug-likeness (QED) is 0.306. The first-order valence-corrected chi connectivity index (χ1v) is 8.81. The third-order valence-electron chi connectivity index (χ3n) is 4.74. The van der Waals surface area contributed by atoms with Crippen LogP contribution in [0.5, 0.6) is 0 Å². The number of nitro groups is 1. The maximum Gasteiger partial charge on any atom is 0.293 e. The molecule has 1 aromatic heterocycles. The normalized spacial score (nSPS) is 14.2. The van der Waals surface area contributed by atoms with E-state index in [0.29, 0.717) is 24.5 Å². The number of amides is 1. The van der Waals surface area contributed by atoms with Crippen molar-refractivity contribution in [2.75, 3.05) is 42.1 Å². The number of rotatable bonds is 4. The summed E-state index contributed by atoms with van der Waals surface area (Å²) in [7, 11) is 0. The number of anilines is 3. The van der Waals surface area contributed by atoms with Crippen LogP contribution in [0.25, 0.3) is 10.9 Å². The fourth-order valence-corrected chi connectivity index (χ4v) is 3.31. The van der Waals surface area contributed by atoms with E-state index in [1.54, 1.807) is 18.3 Å². The van der Waals surface area contributed by atoms with E-state index >= 15 is 0 Å². The Balaban J connectivity index is 1.71. The van der Waals surface area contributed by atoms with Gasteiger partial charge in [0.25, 0.3) is 11.6 Å². The number of nitrogens with two attached hydrogens (primary N) is 1. The van der Waals surface area contributed by atoms with Crippen molar-refractivity contribution in [1.29, 1.82) is 0 Å². The van der Waals surface area contributed by atoms with Crippen LogP contribution < -0.4 is 21.3 Å². The Morgan fingerprint density at radius 2 is 2.04 bits per heavy atom. The van der Waals surface area contributed by atoms with Crippen LogP contribution in [0, 0.1) is 10.1 Å². The molecule has 2 aromatic carbocycles. The predicted octanol–water partition coefficient (Wildman–Crippen LogP) is 1.72. The van der Waals surface area contributed by atoms with Gasteiger partial charge in [-0.3, -0.25) is 20.0 Å². The Hall–Kier alpha value is -3.66. The second kappa shape index (κ2) is 7.16. The molecule has 144 valence electrons. The number of aromatic amines is 1. The molecule has 1 aliphatic heterocycles. The van der Waals surface area contributed by atoms with Gasteiger partial charge in [0.15, 0.2) is 0 Å². The number of carbonyl (C=O) groups is 1. The minimum absolute atomic E-state index is 0.0361. The standard InChI is InChI=1S/C18H19N7O3/c19-14-9-16(24-5-3-20-4-6-24)13(8-17(14)25(27)28)18(26)22-12-2-1-11-10-21-23-15(11)7-12/h1-2,7-10,20H,3-6,19H2,(H,21,23)(H,22,26). The molecule has 0 aliphatic carbocycles. The van der Waals surface area contributed by atoms with Crippen LogP contribution in [0.15, 0.2) is 36.5 Å². The maximum absolute atomic E-state index is 13.0. The molecule has 5 N–H and O–H groups in total. The van der Waals surface area contributed by atoms with Gasteiger partial charge in [-0.25, -0.2) is 0 Å². The summed E-state index contributed by atoms with van der Waals surface area (Å²) in [6.07, 6.45) is 1.69. The van der Waals surface area contributed by atoms with Gasteiger partial charge in [-0.2, -0.15) is 5.10 Å². The third kappa shape index (κ3) is 3.32. The van der Waals surface area contributed by atoms with Crippen molar-refractivity contribution >= 4 is 39.6 Å². The lowest BCUT2D eigenvalue weighted by atomic mass is 10.1. The molecular formula is C18H19N7O3. The number of carbonyl (C=O) groups excluding carboxylic acids is 1. The number of hydrogen-bond acceptors (Lipinski definition) is 7. The van der Waals surface area contributed by atoms with E-state index in [1.807, 2.05) is 11.0 Å². The lowest BCUT2D eigenvalue weighted by molar-refractivity contribution is -0.383. The van der Waals surface area contributed by atoms with Crippen LogP contribution in [0.1, 0.15) is 10.4 Å². The predicted molar refractivity (Wildman–Crippen MR) is 107 cm³/mol. The first kappa shape index (κ1) is 17.7. The largest absolute Gasteiger partial charge is 0.393 e. The molecule has 1 saturated heterocycles. The number of nitro benzene ring substituents is 1. The van der Waals surface area contributed by atoms with Crippen LogP contribution in [0.3, 0.4) is 0 Å². The summed E-state index contributed by atoms with van der Waals surface area (Å²) in [6.45, 7) is 2.87. The summed E-state index contributed by atoms with van der Waals surface area (Å²) < 4.78 is 0. The highest BCUT2D eigenvalue weighted by Crippen LogP contribution is 2.32. The number of nitrogens with zero attached hydrogens (tertiary/aromatic N) is 3. The number of hydrogen-bond donors (Lipinski definition) is 4. The molecule has 4 rings (SSSR count). The lowest BCUT2D eigenvalue weighted by Crippen LogP contribution is -2.44. The average Bonchev–Trinajstić information content (AvgIpc) is 3.16. The van der Waals surface area contributed by atoms with Crippen molar-refractivity contribution in [3.05, 3.63) is 52.2 Å². The van der Waals surface area contributed by atoms with Gasteiger partial charge in [-0.05, 0) is 24.3 Å². The van der Waals surface area contributed by atoms with Crippen LogP contribution >= 0.6 is 0 Å². The fourth-order valence-electron chi connectivity index (χ4n) is 3.31. The van der Waals surface area contributed by atoms with Crippen LogP contribution in [-0.4, -0.2) is 47.2 Å². The molecule has 0 saturated carbocycles. The van der Waals surface area contributed by atoms with Gasteiger partial charge < -0.3 is 21.3 Å². The van der Waals surface area contributed by atoms with Gasteiger partial charge in [0.05, 0.1) is 27.9 Å². The second-order valence-corrected chi connectivity index (χ2v) is 6.55. The van der Waals surface area contributed by atoms with E-state index in [2.05, 4.69) is 20.8 Å². The topological polar surface area (TPSA) is 142 Å². The summed E-state index contributed by atoms with van der Waals surface area (Å²) >= 11 is 0. The number of aromatic nitrogens is 2. The zero-order chi connectivity index (χ0) is 19.7. The molecular weight excluding hydrogens is 362 g/mol. The van der Waals surface area contributed by atoms with Gasteiger partial charge in [0.2, 0.25) is 0 Å². The van der Waals surface area contributed by atoms with E-state index in [-0.39, 0.29) is 16.9 Å². The van der Waals surface area contributed by atoms with Crippen molar-refractivity contribution < 1.29 is 9.72 Å². The minimum atomic E-state index is -0.579. The van der Waals surface area contributed by atoms with E-state index in [9.17, 15) is 14.9 Å². The molecule has 1 amide bonds. The zero-order valence-electron chi connectivity index (χ0n) is 14.9. The first-order chi connectivity index (χ1) is 13.5. The molecule has 0 atom stereocenters. The molecule has 1 aliphatic rings. The van der Waals surface area contributed by atoms with Crippen molar-refractivity contribution in [2.24, 2.45) is 0 Å². The molecule has 10 heteroatoms. The van der Waals surface area contributed by atoms with Crippen molar-refractivity contribution in [3.63, 3.8) is 0 Å². The lowest BCUT2D eigenvalue weighted by Gasteiger charge is -2.31. The number of nitrogens with one attached hydrogen (secondary N) is 3. The van der Waals surface area contributed by atoms with Crippen molar-refractivity contribution in [2.45, 2.75) is 0 Å². The van der Waals surface area contributed by atoms with Gasteiger partial charge in [-0.15, -0.1) is 0 Å². The number of benzene rings is 2. The first-order valence-electron chi connectivity index (χ1n) is 8.81. The van der Waals surface area contributed by atoms with Gasteiger partial charge in [-0.1, -0.05) is 0 Å². The van der Waals surface area contributed by atoms with E-state index in [1.165, 1.54) is 12.1 Å². The Morgan fingerprint density at radius 1 is 1.25 bits per heavy atom. The highest BCUT2D eigenvalue weighted by molar-refractivity contribution is 6.09. The Labute approximate surface area is 159 Å². The SMILES string of the molecule is Nc1cc(N2CCNCC2)c(C(=O)Nc2ccc3cn[nH]c3c2)cc1[N+](=O)[O-]. The molecule has 3 aromatic rings. The van der Waals surface area contributed by atoms with Crippen LogP contribution in [-0.2, 0) is 0 Å². The molecule has 28 heavy (non-hydrogen) atoms. The Kier molecular flexibility index (Phi) is 4.53. The van der Waals surface area contributed by atoms with Crippen LogP contribution in [0.4, 0.5) is 22.7 Å². The van der Waals surface area contributed by atoms with E-state index in [0.717, 1.165) is 24.0 Å². The minimum Gasteiger partial charge on any atom is -0.393 e. The third-order valence-corrected chi connectivity index (χ3v) is 4.74. The second-order valence-electron chi connectivity index (χ2n) is 6.55. The van der Waals surface area contributed by atoms with Crippen molar-refractivity contribution in [3.8, 4) is 0 Å². The molecule has 10 nitrogen and oxygen atoms in total. The van der Waals surface area contributed by atoms with Crippen LogP contribution in [0.2, 0.25) is 0 Å². The number of H-pyrrole nitrogens is 1. The molecule has 0 bridgehead atoms. The van der Waals surface area contributed by atoms with Gasteiger partial charge >= 0.3 is 0 Å². The summed E-state index contributed by atoms with van der Waals surface area (Å²) in [5.41, 5.74) is 7.77. The number of piperazine rings is 1. The monoisotopic (exact) mass is 381 g/mol. The summed E-state index contributed by atoms with van der Waals surface area (Å²) in [6, 6.07) is 8.10. The number of fused-ring (bicyclic) bond motifs is 1. The molecule has 0 spiro atoms. The highest BCUT2D eigenvalue weighted by Gasteiger charge is 2.24. The van der Waals surface area contributed by atoms with Crippen molar-refractivity contribution in [1.82, 2.24) is 15.5 Å². The molecule has 2 heterocycles. The molecule has 1 fully saturated rings. The smallest absolute Gasteiger partial charge is 0.293 e. The molecule has 0 radical (unpaired) electrons. The maximum atomic E-state index is 13.0. The van der Waals surface area contributed by atoms with Gasteiger partial charge in [0, 0.05) is 43.3 Å². The van der Waals surface area contributed by atoms with E-state index < -0.39 is 10.8 Å². The summed E-state index contributed by atoms with van der Waals surface area (Å²) in [5, 5.41) is 25.1. The fraction of sp³-hybridized carbons (Fsp3) is 0.222.